The zero-order valence-corrected chi connectivity index (χ0v) is 9.67. The summed E-state index contributed by atoms with van der Waals surface area (Å²) in [5, 5.41) is 9.75. The van der Waals surface area contributed by atoms with Crippen molar-refractivity contribution in [2.75, 3.05) is 0 Å². The average Bonchev–Trinajstić information content (AvgIpc) is 2.85. The molecule has 0 fully saturated rings. The fourth-order valence-corrected chi connectivity index (χ4v) is 1.48. The fourth-order valence-electron chi connectivity index (χ4n) is 1.48. The molecule has 0 amide bonds. The highest BCUT2D eigenvalue weighted by Crippen LogP contribution is 2.12. The summed E-state index contributed by atoms with van der Waals surface area (Å²) in [5.41, 5.74) is 0.943. The van der Waals surface area contributed by atoms with Crippen LogP contribution in [0.2, 0.25) is 0 Å². The van der Waals surface area contributed by atoms with Gasteiger partial charge in [0.05, 0.1) is 0 Å². The Kier molecular flexibility index (Phi) is 3.59. The van der Waals surface area contributed by atoms with Gasteiger partial charge in [0.1, 0.15) is 11.9 Å². The van der Waals surface area contributed by atoms with E-state index in [4.69, 9.17) is 0 Å². The number of aliphatic hydroxyl groups is 1. The van der Waals surface area contributed by atoms with Crippen LogP contribution in [0.3, 0.4) is 0 Å². The Morgan fingerprint density at radius 2 is 2.12 bits per heavy atom. The van der Waals surface area contributed by atoms with Crippen molar-refractivity contribution in [1.29, 1.82) is 0 Å². The molecule has 0 spiro atoms. The van der Waals surface area contributed by atoms with Crippen molar-refractivity contribution in [3.05, 3.63) is 54.1 Å². The van der Waals surface area contributed by atoms with Gasteiger partial charge >= 0.3 is 0 Å². The molecule has 17 heavy (non-hydrogen) atoms. The zero-order valence-electron chi connectivity index (χ0n) is 9.67. The number of imidazole rings is 1. The highest BCUT2D eigenvalue weighted by atomic mass is 16.3. The van der Waals surface area contributed by atoms with Crippen molar-refractivity contribution in [3.8, 4) is 12.0 Å². The Morgan fingerprint density at radius 1 is 1.35 bits per heavy atom. The van der Waals surface area contributed by atoms with Crippen molar-refractivity contribution in [2.45, 2.75) is 19.4 Å². The predicted octanol–water partition coefficient (Wildman–Crippen LogP) is 2.18. The van der Waals surface area contributed by atoms with Crippen LogP contribution < -0.4 is 0 Å². The summed E-state index contributed by atoms with van der Waals surface area (Å²) in [7, 11) is 0. The Labute approximate surface area is 101 Å². The number of benzene rings is 1. The van der Waals surface area contributed by atoms with Gasteiger partial charge in [-0.2, -0.15) is 0 Å². The third-order valence-corrected chi connectivity index (χ3v) is 2.45. The van der Waals surface area contributed by atoms with Crippen LogP contribution in [-0.4, -0.2) is 14.7 Å². The summed E-state index contributed by atoms with van der Waals surface area (Å²) in [6, 6.07) is 12.7. The largest absolute Gasteiger partial charge is 0.385 e. The van der Waals surface area contributed by atoms with E-state index in [1.165, 1.54) is 0 Å². The van der Waals surface area contributed by atoms with Crippen molar-refractivity contribution < 1.29 is 5.11 Å². The van der Waals surface area contributed by atoms with Gasteiger partial charge in [-0.25, -0.2) is 4.98 Å². The second-order valence-corrected chi connectivity index (χ2v) is 3.68. The smallest absolute Gasteiger partial charge is 0.149 e. The van der Waals surface area contributed by atoms with Gasteiger partial charge in [-0.1, -0.05) is 25.1 Å². The van der Waals surface area contributed by atoms with E-state index in [1.807, 2.05) is 37.3 Å². The highest BCUT2D eigenvalue weighted by Gasteiger charge is 2.09. The van der Waals surface area contributed by atoms with Crippen LogP contribution >= 0.6 is 0 Å². The molecular weight excluding hydrogens is 212 g/mol. The molecule has 2 aromatic rings. The molecule has 0 saturated heterocycles. The molecule has 3 heteroatoms. The molecule has 1 aromatic heterocycles. The standard InChI is InChI=1S/C14H14N2O/c1-2-13(17)14-15-9-11-16(14)10-8-12-6-4-3-5-7-12/h3-7,9,11,13,17H,2H2,1H3. The summed E-state index contributed by atoms with van der Waals surface area (Å²) < 4.78 is 1.67. The van der Waals surface area contributed by atoms with E-state index in [1.54, 1.807) is 17.0 Å². The second-order valence-electron chi connectivity index (χ2n) is 3.68. The van der Waals surface area contributed by atoms with Gasteiger partial charge in [0.2, 0.25) is 0 Å². The number of hydrogen-bond donors (Lipinski definition) is 1. The van der Waals surface area contributed by atoms with E-state index in [9.17, 15) is 5.11 Å². The maximum Gasteiger partial charge on any atom is 0.149 e. The predicted molar refractivity (Wildman–Crippen MR) is 66.2 cm³/mol. The summed E-state index contributed by atoms with van der Waals surface area (Å²) in [5.74, 6) is 3.62. The first-order chi connectivity index (χ1) is 8.31. The molecule has 0 aliphatic rings. The molecule has 0 aliphatic heterocycles. The van der Waals surface area contributed by atoms with E-state index in [0.29, 0.717) is 12.2 Å². The minimum Gasteiger partial charge on any atom is -0.385 e. The zero-order chi connectivity index (χ0) is 12.1. The summed E-state index contributed by atoms with van der Waals surface area (Å²) in [6.07, 6.45) is 3.47. The first-order valence-corrected chi connectivity index (χ1v) is 5.59. The van der Waals surface area contributed by atoms with Gasteiger partial charge in [0, 0.05) is 24.0 Å². The molecule has 1 atom stereocenters. The third-order valence-electron chi connectivity index (χ3n) is 2.45. The lowest BCUT2D eigenvalue weighted by Gasteiger charge is -2.05. The first-order valence-electron chi connectivity index (χ1n) is 5.59. The van der Waals surface area contributed by atoms with Gasteiger partial charge in [-0.05, 0) is 24.5 Å². The van der Waals surface area contributed by atoms with Gasteiger partial charge < -0.3 is 5.11 Å². The van der Waals surface area contributed by atoms with Crippen LogP contribution in [0, 0.1) is 12.0 Å². The Bertz CT molecular complexity index is 534. The lowest BCUT2D eigenvalue weighted by atomic mass is 10.2. The summed E-state index contributed by atoms with van der Waals surface area (Å²) >= 11 is 0. The van der Waals surface area contributed by atoms with Gasteiger partial charge in [0.25, 0.3) is 0 Å². The minimum atomic E-state index is -0.560. The summed E-state index contributed by atoms with van der Waals surface area (Å²) in [4.78, 5) is 4.11. The molecule has 1 N–H and O–H groups in total. The minimum absolute atomic E-state index is 0.560. The number of nitrogens with zero attached hydrogens (tertiary/aromatic N) is 2. The van der Waals surface area contributed by atoms with E-state index >= 15 is 0 Å². The van der Waals surface area contributed by atoms with E-state index in [2.05, 4.69) is 16.9 Å². The Balaban J connectivity index is 2.26. The number of hydrogen-bond acceptors (Lipinski definition) is 2. The third kappa shape index (κ3) is 2.74. The molecule has 1 unspecified atom stereocenters. The van der Waals surface area contributed by atoms with Crippen molar-refractivity contribution in [3.63, 3.8) is 0 Å². The molecular formula is C14H14N2O. The molecule has 0 radical (unpaired) electrons. The van der Waals surface area contributed by atoms with Gasteiger partial charge in [-0.3, -0.25) is 4.57 Å². The number of aromatic nitrogens is 2. The Hall–Kier alpha value is -2.05. The first kappa shape index (κ1) is 11.4. The van der Waals surface area contributed by atoms with Crippen LogP contribution in [0.1, 0.15) is 30.8 Å². The fraction of sp³-hybridized carbons (Fsp3) is 0.214. The second kappa shape index (κ2) is 5.33. The molecule has 1 heterocycles. The maximum atomic E-state index is 9.75. The van der Waals surface area contributed by atoms with E-state index in [-0.39, 0.29) is 0 Å². The van der Waals surface area contributed by atoms with E-state index < -0.39 is 6.10 Å². The monoisotopic (exact) mass is 226 g/mol. The molecule has 86 valence electrons. The molecule has 0 saturated carbocycles. The van der Waals surface area contributed by atoms with Crippen LogP contribution in [-0.2, 0) is 0 Å². The molecule has 1 aromatic carbocycles. The van der Waals surface area contributed by atoms with Crippen LogP contribution in [0.25, 0.3) is 0 Å². The van der Waals surface area contributed by atoms with Gasteiger partial charge in [0.15, 0.2) is 0 Å². The molecule has 0 aliphatic carbocycles. The van der Waals surface area contributed by atoms with Crippen LogP contribution in [0.5, 0.6) is 0 Å². The summed E-state index contributed by atoms with van der Waals surface area (Å²) in [6.45, 7) is 1.91. The Morgan fingerprint density at radius 3 is 2.82 bits per heavy atom. The maximum absolute atomic E-state index is 9.75. The lowest BCUT2D eigenvalue weighted by molar-refractivity contribution is 0.162. The van der Waals surface area contributed by atoms with Crippen LogP contribution in [0.15, 0.2) is 42.7 Å². The number of rotatable bonds is 2. The number of aliphatic hydroxyl groups excluding tert-OH is 1. The van der Waals surface area contributed by atoms with Crippen molar-refractivity contribution >= 4 is 0 Å². The topological polar surface area (TPSA) is 38.1 Å². The van der Waals surface area contributed by atoms with Crippen molar-refractivity contribution in [1.82, 2.24) is 9.55 Å². The van der Waals surface area contributed by atoms with Crippen molar-refractivity contribution in [2.24, 2.45) is 0 Å². The SMILES string of the molecule is CCC(O)c1nccn1C#Cc1ccccc1. The molecule has 3 nitrogen and oxygen atoms in total. The highest BCUT2D eigenvalue weighted by molar-refractivity contribution is 5.34. The molecule has 0 bridgehead atoms. The normalized spacial score (nSPS) is 11.6. The van der Waals surface area contributed by atoms with Gasteiger partial charge in [-0.15, -0.1) is 0 Å². The van der Waals surface area contributed by atoms with E-state index in [0.717, 1.165) is 5.56 Å². The lowest BCUT2D eigenvalue weighted by Crippen LogP contribution is -2.04. The quantitative estimate of drug-likeness (QED) is 0.797. The average molecular weight is 226 g/mol. The molecule has 2 rings (SSSR count). The van der Waals surface area contributed by atoms with Crippen LogP contribution in [0.4, 0.5) is 0 Å².